The van der Waals surface area contributed by atoms with E-state index in [1.807, 2.05) is 42.5 Å². The molecule has 0 aliphatic rings. The molecule has 0 bridgehead atoms. The quantitative estimate of drug-likeness (QED) is 0.376. The summed E-state index contributed by atoms with van der Waals surface area (Å²) in [7, 11) is 5.84. The van der Waals surface area contributed by atoms with Crippen LogP contribution in [0.5, 0.6) is 5.75 Å². The predicted octanol–water partition coefficient (Wildman–Crippen LogP) is 5.44. The number of fused-ring (bicyclic) bond motifs is 1. The second-order valence-electron chi connectivity index (χ2n) is 8.62. The van der Waals surface area contributed by atoms with Gasteiger partial charge in [-0.1, -0.05) is 18.2 Å². The van der Waals surface area contributed by atoms with Gasteiger partial charge in [0.05, 0.1) is 7.11 Å². The summed E-state index contributed by atoms with van der Waals surface area (Å²) in [5.41, 5.74) is 5.01. The fourth-order valence-corrected chi connectivity index (χ4v) is 4.05. The van der Waals surface area contributed by atoms with Crippen molar-refractivity contribution in [3.63, 3.8) is 0 Å². The highest BCUT2D eigenvalue weighted by atomic mass is 16.5. The third-order valence-corrected chi connectivity index (χ3v) is 5.79. The Morgan fingerprint density at radius 1 is 0.970 bits per heavy atom. The molecular formula is C28H31N3O2. The molecule has 5 nitrogen and oxygen atoms in total. The van der Waals surface area contributed by atoms with Crippen LogP contribution in [0.15, 0.2) is 79.0 Å². The molecule has 33 heavy (non-hydrogen) atoms. The molecule has 1 N–H and O–H groups in total. The number of methoxy groups -OCH3 is 1. The van der Waals surface area contributed by atoms with Crippen LogP contribution in [0, 0.1) is 0 Å². The zero-order chi connectivity index (χ0) is 23.2. The zero-order valence-corrected chi connectivity index (χ0v) is 19.5. The van der Waals surface area contributed by atoms with Crippen LogP contribution in [0.3, 0.4) is 0 Å². The van der Waals surface area contributed by atoms with Gasteiger partial charge < -0.3 is 19.5 Å². The summed E-state index contributed by atoms with van der Waals surface area (Å²) in [6, 6.07) is 24.0. The van der Waals surface area contributed by atoms with Crippen molar-refractivity contribution < 1.29 is 9.53 Å². The molecule has 0 saturated carbocycles. The smallest absolute Gasteiger partial charge is 0.255 e. The lowest BCUT2D eigenvalue weighted by molar-refractivity contribution is 0.102. The van der Waals surface area contributed by atoms with Gasteiger partial charge in [0.25, 0.3) is 5.91 Å². The summed E-state index contributed by atoms with van der Waals surface area (Å²) in [5, 5.41) is 4.21. The lowest BCUT2D eigenvalue weighted by Gasteiger charge is -2.11. The van der Waals surface area contributed by atoms with Crippen LogP contribution in [-0.2, 0) is 13.0 Å². The van der Waals surface area contributed by atoms with Crippen LogP contribution in [0.4, 0.5) is 5.69 Å². The van der Waals surface area contributed by atoms with Crippen LogP contribution in [0.1, 0.15) is 27.9 Å². The molecule has 1 heterocycles. The van der Waals surface area contributed by atoms with E-state index >= 15 is 0 Å². The number of benzene rings is 3. The molecule has 0 aliphatic heterocycles. The Balaban J connectivity index is 1.43. The van der Waals surface area contributed by atoms with Gasteiger partial charge in [-0.15, -0.1) is 0 Å². The number of carbonyl (C=O) groups excluding carboxylic acids is 1. The standard InChI is InChI=1S/C28H31N3O2/c1-30(2)15-5-16-31-17-14-23-19-22(8-13-27(23)31)18-21-6-4-7-24(20-21)28(32)29-25-9-11-26(33-3)12-10-25/h4,6-14,17,19-20H,5,15-16,18H2,1-3H3,(H,29,32). The fourth-order valence-electron chi connectivity index (χ4n) is 4.05. The van der Waals surface area contributed by atoms with Gasteiger partial charge in [0.15, 0.2) is 0 Å². The average molecular weight is 442 g/mol. The summed E-state index contributed by atoms with van der Waals surface area (Å²) in [4.78, 5) is 14.9. The first-order valence-electron chi connectivity index (χ1n) is 11.3. The zero-order valence-electron chi connectivity index (χ0n) is 19.5. The summed E-state index contributed by atoms with van der Waals surface area (Å²) >= 11 is 0. The van der Waals surface area contributed by atoms with Gasteiger partial charge in [-0.25, -0.2) is 0 Å². The largest absolute Gasteiger partial charge is 0.497 e. The SMILES string of the molecule is COc1ccc(NC(=O)c2cccc(Cc3ccc4c(ccn4CCCN(C)C)c3)c2)cc1. The number of hydrogen-bond acceptors (Lipinski definition) is 3. The van der Waals surface area contributed by atoms with Crippen LogP contribution >= 0.6 is 0 Å². The van der Waals surface area contributed by atoms with E-state index in [4.69, 9.17) is 4.74 Å². The number of hydrogen-bond donors (Lipinski definition) is 1. The van der Waals surface area contributed by atoms with Gasteiger partial charge in [0.2, 0.25) is 0 Å². The van der Waals surface area contributed by atoms with Gasteiger partial charge >= 0.3 is 0 Å². The molecule has 0 aliphatic carbocycles. The van der Waals surface area contributed by atoms with E-state index in [1.54, 1.807) is 7.11 Å². The van der Waals surface area contributed by atoms with E-state index in [9.17, 15) is 4.79 Å². The highest BCUT2D eigenvalue weighted by Gasteiger charge is 2.09. The minimum Gasteiger partial charge on any atom is -0.497 e. The summed E-state index contributed by atoms with van der Waals surface area (Å²) in [6.07, 6.45) is 4.09. The average Bonchev–Trinajstić information content (AvgIpc) is 3.21. The Labute approximate surface area is 195 Å². The van der Waals surface area contributed by atoms with Crippen molar-refractivity contribution in [2.45, 2.75) is 19.4 Å². The van der Waals surface area contributed by atoms with Gasteiger partial charge in [-0.3, -0.25) is 4.79 Å². The monoisotopic (exact) mass is 441 g/mol. The Morgan fingerprint density at radius 2 is 1.76 bits per heavy atom. The van der Waals surface area contributed by atoms with E-state index in [1.165, 1.54) is 16.5 Å². The number of nitrogens with zero attached hydrogens (tertiary/aromatic N) is 2. The van der Waals surface area contributed by atoms with Crippen LogP contribution in [0.25, 0.3) is 10.9 Å². The Bertz CT molecular complexity index is 1230. The van der Waals surface area contributed by atoms with Crippen molar-refractivity contribution in [2.75, 3.05) is 33.1 Å². The Kier molecular flexibility index (Phi) is 7.10. The number of anilines is 1. The molecule has 0 fully saturated rings. The molecule has 4 rings (SSSR count). The normalized spacial score (nSPS) is 11.2. The lowest BCUT2D eigenvalue weighted by Crippen LogP contribution is -2.14. The second kappa shape index (κ2) is 10.4. The molecule has 4 aromatic rings. The third-order valence-electron chi connectivity index (χ3n) is 5.79. The van der Waals surface area contributed by atoms with Gasteiger partial charge in [0.1, 0.15) is 5.75 Å². The minimum atomic E-state index is -0.118. The van der Waals surface area contributed by atoms with Crippen molar-refractivity contribution in [1.82, 2.24) is 9.47 Å². The van der Waals surface area contributed by atoms with E-state index < -0.39 is 0 Å². The number of nitrogens with one attached hydrogen (secondary N) is 1. The highest BCUT2D eigenvalue weighted by molar-refractivity contribution is 6.04. The Hall–Kier alpha value is -3.57. The van der Waals surface area contributed by atoms with E-state index in [2.05, 4.69) is 65.4 Å². The summed E-state index contributed by atoms with van der Waals surface area (Å²) in [5.74, 6) is 0.642. The lowest BCUT2D eigenvalue weighted by atomic mass is 10.0. The summed E-state index contributed by atoms with van der Waals surface area (Å²) in [6.45, 7) is 2.10. The first-order valence-corrected chi connectivity index (χ1v) is 11.3. The first kappa shape index (κ1) is 22.6. The molecule has 1 amide bonds. The predicted molar refractivity (Wildman–Crippen MR) is 135 cm³/mol. The molecule has 5 heteroatoms. The van der Waals surface area contributed by atoms with Gasteiger partial charge in [-0.05, 0) is 105 Å². The maximum atomic E-state index is 12.7. The molecule has 3 aromatic carbocycles. The molecular weight excluding hydrogens is 410 g/mol. The van der Waals surface area contributed by atoms with E-state index in [0.29, 0.717) is 5.56 Å². The van der Waals surface area contributed by atoms with Crippen molar-refractivity contribution in [2.24, 2.45) is 0 Å². The molecule has 0 spiro atoms. The van der Waals surface area contributed by atoms with E-state index in [-0.39, 0.29) is 5.91 Å². The molecule has 0 radical (unpaired) electrons. The number of ether oxygens (including phenoxy) is 1. The minimum absolute atomic E-state index is 0.118. The molecule has 0 unspecified atom stereocenters. The molecule has 1 aromatic heterocycles. The number of rotatable bonds is 9. The number of amides is 1. The van der Waals surface area contributed by atoms with Crippen molar-refractivity contribution in [3.05, 3.63) is 95.7 Å². The maximum absolute atomic E-state index is 12.7. The molecule has 170 valence electrons. The summed E-state index contributed by atoms with van der Waals surface area (Å²) < 4.78 is 7.50. The van der Waals surface area contributed by atoms with Crippen LogP contribution in [0.2, 0.25) is 0 Å². The van der Waals surface area contributed by atoms with Crippen LogP contribution < -0.4 is 10.1 Å². The highest BCUT2D eigenvalue weighted by Crippen LogP contribution is 2.21. The van der Waals surface area contributed by atoms with Crippen LogP contribution in [-0.4, -0.2) is 43.1 Å². The van der Waals surface area contributed by atoms with Crippen molar-refractivity contribution in [3.8, 4) is 5.75 Å². The third kappa shape index (κ3) is 5.82. The topological polar surface area (TPSA) is 46.5 Å². The Morgan fingerprint density at radius 3 is 2.52 bits per heavy atom. The van der Waals surface area contributed by atoms with Crippen molar-refractivity contribution >= 4 is 22.5 Å². The fraction of sp³-hybridized carbons (Fsp3) is 0.250. The van der Waals surface area contributed by atoms with Gasteiger partial charge in [-0.2, -0.15) is 0 Å². The number of aryl methyl sites for hydroxylation is 1. The second-order valence-corrected chi connectivity index (χ2v) is 8.62. The molecule has 0 atom stereocenters. The van der Waals surface area contributed by atoms with Gasteiger partial charge in [0, 0.05) is 29.5 Å². The first-order chi connectivity index (χ1) is 16.0. The van der Waals surface area contributed by atoms with E-state index in [0.717, 1.165) is 42.9 Å². The molecule has 0 saturated heterocycles. The number of carbonyl (C=O) groups is 1. The van der Waals surface area contributed by atoms with Crippen molar-refractivity contribution in [1.29, 1.82) is 0 Å². The number of aromatic nitrogens is 1. The maximum Gasteiger partial charge on any atom is 0.255 e.